The highest BCUT2D eigenvalue weighted by Gasteiger charge is 2.26. The van der Waals surface area contributed by atoms with Crippen molar-refractivity contribution in [3.63, 3.8) is 0 Å². The molecule has 8 nitrogen and oxygen atoms in total. The quantitative estimate of drug-likeness (QED) is 0.451. The molecule has 3 aromatic heterocycles. The molecule has 0 atom stereocenters. The van der Waals surface area contributed by atoms with Crippen molar-refractivity contribution in [3.8, 4) is 22.7 Å². The number of fused-ring (bicyclic) bond motifs is 3. The average Bonchev–Trinajstić information content (AvgIpc) is 3.35. The van der Waals surface area contributed by atoms with Gasteiger partial charge in [0.15, 0.2) is 11.2 Å². The van der Waals surface area contributed by atoms with Crippen LogP contribution in [0.4, 0.5) is 0 Å². The minimum absolute atomic E-state index is 0.132. The lowest BCUT2D eigenvalue weighted by Gasteiger charge is -2.12. The van der Waals surface area contributed by atoms with E-state index in [9.17, 15) is 14.7 Å². The summed E-state index contributed by atoms with van der Waals surface area (Å²) in [6.45, 7) is 2.13. The third-order valence-corrected chi connectivity index (χ3v) is 6.11. The second-order valence-electron chi connectivity index (χ2n) is 8.25. The molecule has 0 amide bonds. The summed E-state index contributed by atoms with van der Waals surface area (Å²) in [5.74, 6) is 0.659. The monoisotopic (exact) mass is 443 g/mol. The van der Waals surface area contributed by atoms with Crippen LogP contribution in [-0.2, 0) is 20.5 Å². The molecule has 0 radical (unpaired) electrons. The van der Waals surface area contributed by atoms with E-state index in [4.69, 9.17) is 4.98 Å². The Morgan fingerprint density at radius 1 is 0.970 bits per heavy atom. The Kier molecular flexibility index (Phi) is 4.92. The number of aromatic hydroxyl groups is 1. The molecule has 0 saturated heterocycles. The maximum absolute atomic E-state index is 13.3. The molecular formula is C25H25N5O3. The number of imidazole rings is 2. The predicted octanol–water partition coefficient (Wildman–Crippen LogP) is 3.39. The highest BCUT2D eigenvalue weighted by atomic mass is 16.3. The van der Waals surface area contributed by atoms with Gasteiger partial charge in [-0.15, -0.1) is 0 Å². The first kappa shape index (κ1) is 20.8. The lowest BCUT2D eigenvalue weighted by molar-refractivity contribution is 0.475. The minimum atomic E-state index is -0.421. The molecule has 0 aliphatic rings. The smallest absolute Gasteiger partial charge is 0.332 e. The van der Waals surface area contributed by atoms with Gasteiger partial charge in [-0.25, -0.2) is 4.79 Å². The van der Waals surface area contributed by atoms with Gasteiger partial charge in [0.05, 0.1) is 17.1 Å². The molecule has 0 unspecified atom stereocenters. The molecule has 3 heterocycles. The highest BCUT2D eigenvalue weighted by molar-refractivity contribution is 5.81. The standard InChI is InChI=1S/C25H25N5O3/c1-4-5-14-19-20(16-10-7-6-8-11-16)29(17-12-9-13-18(31)15-17)24-26-22-21(30(19)24)23(32)28(3)25(33)27(22)2/h6-13,15,31H,4-5,14H2,1-3H3. The number of nitrogens with zero attached hydrogens (tertiary/aromatic N) is 5. The number of rotatable bonds is 5. The number of aromatic nitrogens is 5. The Bertz CT molecular complexity index is 1620. The maximum Gasteiger partial charge on any atom is 0.332 e. The van der Waals surface area contributed by atoms with E-state index in [-0.39, 0.29) is 11.3 Å². The van der Waals surface area contributed by atoms with Crippen LogP contribution >= 0.6 is 0 Å². The zero-order valence-electron chi connectivity index (χ0n) is 18.8. The molecule has 33 heavy (non-hydrogen) atoms. The van der Waals surface area contributed by atoms with Gasteiger partial charge in [0, 0.05) is 25.7 Å². The second kappa shape index (κ2) is 7.81. The number of phenols is 1. The van der Waals surface area contributed by atoms with E-state index in [1.807, 2.05) is 45.4 Å². The van der Waals surface area contributed by atoms with Gasteiger partial charge >= 0.3 is 5.69 Å². The lowest BCUT2D eigenvalue weighted by Crippen LogP contribution is -2.37. The van der Waals surface area contributed by atoms with Gasteiger partial charge in [-0.05, 0) is 25.0 Å². The third kappa shape index (κ3) is 3.09. The van der Waals surface area contributed by atoms with E-state index in [1.165, 1.54) is 11.6 Å². The summed E-state index contributed by atoms with van der Waals surface area (Å²) in [4.78, 5) is 30.7. The minimum Gasteiger partial charge on any atom is -0.508 e. The zero-order chi connectivity index (χ0) is 23.3. The van der Waals surface area contributed by atoms with Gasteiger partial charge in [0.1, 0.15) is 5.75 Å². The average molecular weight is 444 g/mol. The van der Waals surface area contributed by atoms with Crippen LogP contribution in [0, 0.1) is 0 Å². The summed E-state index contributed by atoms with van der Waals surface area (Å²) in [5.41, 5.74) is 3.46. The fraction of sp³-hybridized carbons (Fsp3) is 0.240. The number of hydrogen-bond acceptors (Lipinski definition) is 4. The van der Waals surface area contributed by atoms with Crippen molar-refractivity contribution in [1.82, 2.24) is 23.1 Å². The summed E-state index contributed by atoms with van der Waals surface area (Å²) >= 11 is 0. The van der Waals surface area contributed by atoms with Crippen molar-refractivity contribution in [2.45, 2.75) is 26.2 Å². The second-order valence-corrected chi connectivity index (χ2v) is 8.25. The van der Waals surface area contributed by atoms with Crippen LogP contribution < -0.4 is 11.2 Å². The fourth-order valence-corrected chi connectivity index (χ4v) is 4.47. The molecule has 0 bridgehead atoms. The fourth-order valence-electron chi connectivity index (χ4n) is 4.47. The first-order valence-electron chi connectivity index (χ1n) is 11.0. The van der Waals surface area contributed by atoms with Gasteiger partial charge in [-0.2, -0.15) is 4.98 Å². The number of unbranched alkanes of at least 4 members (excludes halogenated alkanes) is 1. The van der Waals surface area contributed by atoms with Crippen molar-refractivity contribution >= 4 is 16.9 Å². The third-order valence-electron chi connectivity index (χ3n) is 6.11. The van der Waals surface area contributed by atoms with E-state index in [0.717, 1.165) is 46.5 Å². The van der Waals surface area contributed by atoms with Gasteiger partial charge in [-0.1, -0.05) is 49.7 Å². The number of hydrogen-bond donors (Lipinski definition) is 1. The van der Waals surface area contributed by atoms with Crippen LogP contribution in [0.3, 0.4) is 0 Å². The molecule has 168 valence electrons. The van der Waals surface area contributed by atoms with Crippen molar-refractivity contribution in [2.24, 2.45) is 14.1 Å². The maximum atomic E-state index is 13.3. The van der Waals surface area contributed by atoms with Gasteiger partial charge in [0.2, 0.25) is 5.78 Å². The summed E-state index contributed by atoms with van der Waals surface area (Å²) in [5, 5.41) is 10.2. The summed E-state index contributed by atoms with van der Waals surface area (Å²) in [7, 11) is 3.11. The first-order chi connectivity index (χ1) is 15.9. The van der Waals surface area contributed by atoms with Crippen LogP contribution in [-0.4, -0.2) is 28.2 Å². The van der Waals surface area contributed by atoms with Crippen molar-refractivity contribution < 1.29 is 5.11 Å². The van der Waals surface area contributed by atoms with E-state index in [1.54, 1.807) is 25.2 Å². The van der Waals surface area contributed by atoms with Gasteiger partial charge < -0.3 is 5.11 Å². The molecule has 0 aliphatic heterocycles. The molecule has 5 aromatic rings. The van der Waals surface area contributed by atoms with Crippen molar-refractivity contribution in [2.75, 3.05) is 0 Å². The Hall–Kier alpha value is -4.07. The van der Waals surface area contributed by atoms with E-state index in [2.05, 4.69) is 6.92 Å². The molecule has 2 aromatic carbocycles. The van der Waals surface area contributed by atoms with Crippen molar-refractivity contribution in [1.29, 1.82) is 0 Å². The summed E-state index contributed by atoms with van der Waals surface area (Å²) < 4.78 is 6.37. The van der Waals surface area contributed by atoms with Crippen LogP contribution in [0.15, 0.2) is 64.2 Å². The van der Waals surface area contributed by atoms with E-state index < -0.39 is 5.69 Å². The van der Waals surface area contributed by atoms with Crippen LogP contribution in [0.25, 0.3) is 33.9 Å². The summed E-state index contributed by atoms with van der Waals surface area (Å²) in [6.07, 6.45) is 2.63. The number of aryl methyl sites for hydroxylation is 2. The molecule has 0 aliphatic carbocycles. The number of phenolic OH excluding ortho intramolecular Hbond substituents is 1. The Labute approximate surface area is 189 Å². The van der Waals surface area contributed by atoms with Crippen LogP contribution in [0.5, 0.6) is 5.75 Å². The van der Waals surface area contributed by atoms with E-state index >= 15 is 0 Å². The molecule has 0 saturated carbocycles. The highest BCUT2D eigenvalue weighted by Crippen LogP contribution is 2.34. The Balaban J connectivity index is 2.04. The van der Waals surface area contributed by atoms with Crippen LogP contribution in [0.2, 0.25) is 0 Å². The largest absolute Gasteiger partial charge is 0.508 e. The topological polar surface area (TPSA) is 86.5 Å². The number of benzene rings is 2. The van der Waals surface area contributed by atoms with Gasteiger partial charge in [-0.3, -0.25) is 22.9 Å². The molecule has 0 spiro atoms. The van der Waals surface area contributed by atoms with Gasteiger partial charge in [0.25, 0.3) is 5.56 Å². The molecule has 1 N–H and O–H groups in total. The first-order valence-corrected chi connectivity index (χ1v) is 11.0. The zero-order valence-corrected chi connectivity index (χ0v) is 18.8. The van der Waals surface area contributed by atoms with Crippen molar-refractivity contribution in [3.05, 3.63) is 81.1 Å². The Morgan fingerprint density at radius 3 is 2.42 bits per heavy atom. The predicted molar refractivity (Wildman–Crippen MR) is 128 cm³/mol. The van der Waals surface area contributed by atoms with Crippen LogP contribution in [0.1, 0.15) is 25.5 Å². The molecule has 8 heteroatoms. The SMILES string of the molecule is CCCCc1c(-c2ccccc2)n(-c2cccc(O)c2)c2nc3c(c(=O)n(C)c(=O)n3C)n12. The molecule has 0 fully saturated rings. The molecular weight excluding hydrogens is 418 g/mol. The lowest BCUT2D eigenvalue weighted by atomic mass is 10.1. The van der Waals surface area contributed by atoms with E-state index in [0.29, 0.717) is 16.9 Å². The summed E-state index contributed by atoms with van der Waals surface area (Å²) in [6, 6.07) is 16.9. The Morgan fingerprint density at radius 2 is 1.73 bits per heavy atom. The molecule has 5 rings (SSSR count). The normalized spacial score (nSPS) is 11.6.